The second kappa shape index (κ2) is 4.64. The minimum Gasteiger partial charge on any atom is -0.478 e. The number of carbonyl (C=O) groups is 2. The van der Waals surface area contributed by atoms with Gasteiger partial charge in [0.25, 0.3) is 0 Å². The van der Waals surface area contributed by atoms with Gasteiger partial charge in [0.1, 0.15) is 0 Å². The van der Waals surface area contributed by atoms with Crippen molar-refractivity contribution in [3.63, 3.8) is 0 Å². The van der Waals surface area contributed by atoms with Crippen LogP contribution in [0.5, 0.6) is 0 Å². The Kier molecular flexibility index (Phi) is 3.21. The van der Waals surface area contributed by atoms with Crippen molar-refractivity contribution < 1.29 is 14.7 Å². The zero-order chi connectivity index (χ0) is 12.4. The third kappa shape index (κ3) is 2.51. The molecule has 17 heavy (non-hydrogen) atoms. The summed E-state index contributed by atoms with van der Waals surface area (Å²) in [6.45, 7) is 1.40. The first-order valence-electron chi connectivity index (χ1n) is 4.61. The molecule has 2 aromatic rings. The van der Waals surface area contributed by atoms with E-state index < -0.39 is 5.97 Å². The van der Waals surface area contributed by atoms with Crippen LogP contribution in [0.15, 0.2) is 16.1 Å². The normalized spacial score (nSPS) is 10.2. The summed E-state index contributed by atoms with van der Waals surface area (Å²) in [5.74, 6) is -1.18. The van der Waals surface area contributed by atoms with Gasteiger partial charge in [0.2, 0.25) is 5.91 Å². The Morgan fingerprint density at radius 3 is 2.76 bits per heavy atom. The molecule has 0 unspecified atom stereocenters. The maximum absolute atomic E-state index is 11.0. The number of rotatable bonds is 3. The lowest BCUT2D eigenvalue weighted by atomic mass is 10.1. The molecule has 0 saturated carbocycles. The van der Waals surface area contributed by atoms with E-state index in [1.54, 1.807) is 16.1 Å². The van der Waals surface area contributed by atoms with Crippen LogP contribution in [0.1, 0.15) is 17.3 Å². The van der Waals surface area contributed by atoms with E-state index in [1.807, 2.05) is 0 Å². The first kappa shape index (κ1) is 11.7. The van der Waals surface area contributed by atoms with Crippen molar-refractivity contribution in [1.29, 1.82) is 0 Å². The molecule has 0 aromatic carbocycles. The van der Waals surface area contributed by atoms with E-state index in [0.717, 1.165) is 0 Å². The number of carbonyl (C=O) groups excluding carboxylic acids is 1. The van der Waals surface area contributed by atoms with Crippen molar-refractivity contribution in [3.05, 3.63) is 21.7 Å². The molecule has 2 aromatic heterocycles. The predicted molar refractivity (Wildman–Crippen MR) is 66.7 cm³/mol. The van der Waals surface area contributed by atoms with Crippen molar-refractivity contribution in [2.45, 2.75) is 6.92 Å². The molecule has 2 heterocycles. The molecule has 88 valence electrons. The van der Waals surface area contributed by atoms with Crippen molar-refractivity contribution in [2.24, 2.45) is 0 Å². The van der Waals surface area contributed by atoms with Crippen LogP contribution in [-0.2, 0) is 4.79 Å². The molecular weight excluding hydrogens is 260 g/mol. The van der Waals surface area contributed by atoms with Gasteiger partial charge in [-0.2, -0.15) is 11.3 Å². The van der Waals surface area contributed by atoms with Gasteiger partial charge in [-0.25, -0.2) is 9.78 Å². The van der Waals surface area contributed by atoms with E-state index in [0.29, 0.717) is 16.4 Å². The van der Waals surface area contributed by atoms with Gasteiger partial charge in [0, 0.05) is 28.6 Å². The average molecular weight is 268 g/mol. The molecule has 0 fully saturated rings. The molecule has 2 N–H and O–H groups in total. The SMILES string of the molecule is CC(=O)Nc1nc(-c2cscc2C(=O)O)cs1. The number of aromatic nitrogens is 1. The van der Waals surface area contributed by atoms with Crippen LogP contribution in [0.2, 0.25) is 0 Å². The molecule has 5 nitrogen and oxygen atoms in total. The Bertz CT molecular complexity index is 574. The van der Waals surface area contributed by atoms with E-state index in [4.69, 9.17) is 5.11 Å². The summed E-state index contributed by atoms with van der Waals surface area (Å²) >= 11 is 2.57. The average Bonchev–Trinajstić information content (AvgIpc) is 2.82. The largest absolute Gasteiger partial charge is 0.478 e. The van der Waals surface area contributed by atoms with Crippen LogP contribution in [0.25, 0.3) is 11.3 Å². The van der Waals surface area contributed by atoms with Crippen molar-refractivity contribution in [1.82, 2.24) is 4.98 Å². The maximum atomic E-state index is 11.0. The summed E-state index contributed by atoms with van der Waals surface area (Å²) in [6, 6.07) is 0. The Morgan fingerprint density at radius 2 is 2.12 bits per heavy atom. The number of thiazole rings is 1. The fraction of sp³-hybridized carbons (Fsp3) is 0.100. The van der Waals surface area contributed by atoms with Gasteiger partial charge in [-0.1, -0.05) is 0 Å². The molecule has 2 rings (SSSR count). The number of anilines is 1. The molecule has 0 radical (unpaired) electrons. The topological polar surface area (TPSA) is 79.3 Å². The molecule has 0 atom stereocenters. The van der Waals surface area contributed by atoms with E-state index in [1.165, 1.54) is 29.6 Å². The fourth-order valence-corrected chi connectivity index (χ4v) is 2.84. The quantitative estimate of drug-likeness (QED) is 0.896. The van der Waals surface area contributed by atoms with Crippen LogP contribution in [0.4, 0.5) is 5.13 Å². The van der Waals surface area contributed by atoms with E-state index in [9.17, 15) is 9.59 Å². The molecule has 0 spiro atoms. The number of carboxylic acid groups (broad SMARTS) is 1. The van der Waals surface area contributed by atoms with Gasteiger partial charge in [-0.3, -0.25) is 4.79 Å². The Labute approximate surface area is 105 Å². The lowest BCUT2D eigenvalue weighted by Crippen LogP contribution is -2.05. The number of amides is 1. The maximum Gasteiger partial charge on any atom is 0.337 e. The zero-order valence-corrected chi connectivity index (χ0v) is 10.4. The van der Waals surface area contributed by atoms with Gasteiger partial charge in [0.05, 0.1) is 11.3 Å². The van der Waals surface area contributed by atoms with Crippen molar-refractivity contribution >= 4 is 39.7 Å². The van der Waals surface area contributed by atoms with Gasteiger partial charge in [-0.05, 0) is 0 Å². The molecule has 7 heteroatoms. The molecule has 0 saturated heterocycles. The first-order valence-corrected chi connectivity index (χ1v) is 6.43. The number of thiophene rings is 1. The third-order valence-corrected chi connectivity index (χ3v) is 3.46. The number of hydrogen-bond donors (Lipinski definition) is 2. The minimum absolute atomic E-state index is 0.199. The lowest BCUT2D eigenvalue weighted by Gasteiger charge is -1.95. The highest BCUT2D eigenvalue weighted by atomic mass is 32.1. The number of aromatic carboxylic acids is 1. The highest BCUT2D eigenvalue weighted by molar-refractivity contribution is 7.14. The van der Waals surface area contributed by atoms with Crippen LogP contribution < -0.4 is 5.32 Å². The van der Waals surface area contributed by atoms with Crippen LogP contribution in [-0.4, -0.2) is 22.0 Å². The molecule has 0 aliphatic rings. The minimum atomic E-state index is -0.977. The van der Waals surface area contributed by atoms with Crippen LogP contribution >= 0.6 is 22.7 Å². The fourth-order valence-electron chi connectivity index (χ4n) is 1.27. The number of nitrogens with one attached hydrogen (secondary N) is 1. The lowest BCUT2D eigenvalue weighted by molar-refractivity contribution is -0.114. The van der Waals surface area contributed by atoms with Gasteiger partial charge < -0.3 is 10.4 Å². The van der Waals surface area contributed by atoms with E-state index in [-0.39, 0.29) is 11.5 Å². The zero-order valence-electron chi connectivity index (χ0n) is 8.76. The third-order valence-electron chi connectivity index (χ3n) is 1.96. The van der Waals surface area contributed by atoms with E-state index in [2.05, 4.69) is 10.3 Å². The summed E-state index contributed by atoms with van der Waals surface area (Å²) < 4.78 is 0. The second-order valence-corrected chi connectivity index (χ2v) is 4.83. The molecule has 0 bridgehead atoms. The molecule has 0 aliphatic carbocycles. The monoisotopic (exact) mass is 268 g/mol. The van der Waals surface area contributed by atoms with Gasteiger partial charge >= 0.3 is 5.97 Å². The highest BCUT2D eigenvalue weighted by Gasteiger charge is 2.15. The second-order valence-electron chi connectivity index (χ2n) is 3.22. The summed E-state index contributed by atoms with van der Waals surface area (Å²) in [5.41, 5.74) is 1.38. The first-order chi connectivity index (χ1) is 8.08. The number of carboxylic acids is 1. The van der Waals surface area contributed by atoms with Crippen molar-refractivity contribution in [3.8, 4) is 11.3 Å². The van der Waals surface area contributed by atoms with Crippen molar-refractivity contribution in [2.75, 3.05) is 5.32 Å². The summed E-state index contributed by atoms with van der Waals surface area (Å²) in [7, 11) is 0. The smallest absolute Gasteiger partial charge is 0.337 e. The molecular formula is C10H8N2O3S2. The van der Waals surface area contributed by atoms with Gasteiger partial charge in [0.15, 0.2) is 5.13 Å². The van der Waals surface area contributed by atoms with Crippen LogP contribution in [0.3, 0.4) is 0 Å². The standard InChI is InChI=1S/C10H8N2O3S2/c1-5(13)11-10-12-8(4-17-10)6-2-16-3-7(6)9(14)15/h2-4H,1H3,(H,14,15)(H,11,12,13). The molecule has 0 aliphatic heterocycles. The number of nitrogens with zero attached hydrogens (tertiary/aromatic N) is 1. The van der Waals surface area contributed by atoms with E-state index >= 15 is 0 Å². The summed E-state index contributed by atoms with van der Waals surface area (Å²) in [5, 5.41) is 17.0. The molecule has 1 amide bonds. The predicted octanol–water partition coefficient (Wildman–Crippen LogP) is 2.53. The number of hydrogen-bond acceptors (Lipinski definition) is 5. The summed E-state index contributed by atoms with van der Waals surface area (Å²) in [6.07, 6.45) is 0. The van der Waals surface area contributed by atoms with Gasteiger partial charge in [-0.15, -0.1) is 11.3 Å². The van der Waals surface area contributed by atoms with Crippen LogP contribution in [0, 0.1) is 0 Å². The Hall–Kier alpha value is -1.73. The highest BCUT2D eigenvalue weighted by Crippen LogP contribution is 2.30. The Morgan fingerprint density at radius 1 is 1.35 bits per heavy atom. The Balaban J connectivity index is 2.33. The summed E-state index contributed by atoms with van der Waals surface area (Å²) in [4.78, 5) is 26.0.